The molecule has 18 heavy (non-hydrogen) atoms. The summed E-state index contributed by atoms with van der Waals surface area (Å²) in [5.41, 5.74) is 0.735. The number of aryl methyl sites for hydroxylation is 1. The van der Waals surface area contributed by atoms with E-state index in [1.54, 1.807) is 18.2 Å². The SMILES string of the molecule is O=C(O)CCn1nnnc1-c1ccc(Br)c(Cl)c1. The number of hydrogen-bond donors (Lipinski definition) is 1. The van der Waals surface area contributed by atoms with Gasteiger partial charge in [0.15, 0.2) is 5.82 Å². The zero-order valence-corrected chi connectivity index (χ0v) is 11.4. The van der Waals surface area contributed by atoms with Gasteiger partial charge in [0.05, 0.1) is 18.0 Å². The summed E-state index contributed by atoms with van der Waals surface area (Å²) in [7, 11) is 0. The van der Waals surface area contributed by atoms with Gasteiger partial charge in [0.2, 0.25) is 0 Å². The molecule has 6 nitrogen and oxygen atoms in total. The van der Waals surface area contributed by atoms with Crippen molar-refractivity contribution in [1.29, 1.82) is 0 Å². The first-order valence-corrected chi connectivity index (χ1v) is 6.18. The molecule has 0 bridgehead atoms. The van der Waals surface area contributed by atoms with Gasteiger partial charge in [0.1, 0.15) is 0 Å². The van der Waals surface area contributed by atoms with E-state index in [0.717, 1.165) is 10.0 Å². The van der Waals surface area contributed by atoms with E-state index in [1.807, 2.05) is 0 Å². The number of halogens is 2. The molecular formula is C10H8BrClN4O2. The predicted molar refractivity (Wildman–Crippen MR) is 68.2 cm³/mol. The second-order valence-corrected chi connectivity index (χ2v) is 4.76. The summed E-state index contributed by atoms with van der Waals surface area (Å²) in [5.74, 6) is -0.407. The Hall–Kier alpha value is -1.47. The maximum atomic E-state index is 10.5. The number of rotatable bonds is 4. The molecule has 1 aromatic heterocycles. The Kier molecular flexibility index (Phi) is 3.93. The molecule has 0 saturated carbocycles. The topological polar surface area (TPSA) is 80.9 Å². The zero-order valence-electron chi connectivity index (χ0n) is 9.05. The first-order chi connectivity index (χ1) is 8.58. The van der Waals surface area contributed by atoms with Crippen molar-refractivity contribution in [1.82, 2.24) is 20.2 Å². The number of carboxylic acids is 1. The van der Waals surface area contributed by atoms with Crippen molar-refractivity contribution in [2.75, 3.05) is 0 Å². The lowest BCUT2D eigenvalue weighted by Crippen LogP contribution is -2.07. The average molecular weight is 332 g/mol. The fraction of sp³-hybridized carbons (Fsp3) is 0.200. The molecule has 0 amide bonds. The normalized spacial score (nSPS) is 10.6. The second kappa shape index (κ2) is 5.45. The van der Waals surface area contributed by atoms with Gasteiger partial charge >= 0.3 is 5.97 Å². The Labute approximate surface area is 116 Å². The number of carbonyl (C=O) groups is 1. The molecule has 1 N–H and O–H groups in total. The van der Waals surface area contributed by atoms with Crippen LogP contribution < -0.4 is 0 Å². The highest BCUT2D eigenvalue weighted by Gasteiger charge is 2.11. The van der Waals surface area contributed by atoms with Gasteiger partial charge in [-0.25, -0.2) is 4.68 Å². The first-order valence-electron chi connectivity index (χ1n) is 5.01. The number of carboxylic acid groups (broad SMARTS) is 1. The summed E-state index contributed by atoms with van der Waals surface area (Å²) in [6.07, 6.45) is -0.0394. The van der Waals surface area contributed by atoms with Crippen molar-refractivity contribution < 1.29 is 9.90 Å². The fourth-order valence-corrected chi connectivity index (χ4v) is 1.83. The second-order valence-electron chi connectivity index (χ2n) is 3.50. The van der Waals surface area contributed by atoms with Crippen LogP contribution in [0.1, 0.15) is 6.42 Å². The highest BCUT2D eigenvalue weighted by atomic mass is 79.9. The zero-order chi connectivity index (χ0) is 13.1. The van der Waals surface area contributed by atoms with E-state index in [0.29, 0.717) is 10.8 Å². The molecule has 0 aliphatic rings. The lowest BCUT2D eigenvalue weighted by molar-refractivity contribution is -0.137. The Morgan fingerprint density at radius 1 is 1.50 bits per heavy atom. The molecule has 0 atom stereocenters. The monoisotopic (exact) mass is 330 g/mol. The molecule has 94 valence electrons. The lowest BCUT2D eigenvalue weighted by Gasteiger charge is -2.04. The third kappa shape index (κ3) is 2.85. The van der Waals surface area contributed by atoms with Crippen LogP contribution in [0.2, 0.25) is 5.02 Å². The number of aliphatic carboxylic acids is 1. The summed E-state index contributed by atoms with van der Waals surface area (Å²) < 4.78 is 2.21. The van der Waals surface area contributed by atoms with E-state index in [-0.39, 0.29) is 13.0 Å². The molecule has 0 radical (unpaired) electrons. The number of aromatic nitrogens is 4. The summed E-state index contributed by atoms with van der Waals surface area (Å²) in [4.78, 5) is 10.5. The van der Waals surface area contributed by atoms with Crippen molar-refractivity contribution in [2.45, 2.75) is 13.0 Å². The summed E-state index contributed by atoms with van der Waals surface area (Å²) in [6.45, 7) is 0.214. The van der Waals surface area contributed by atoms with Gasteiger partial charge in [-0.05, 0) is 44.6 Å². The molecule has 0 aliphatic carbocycles. The minimum atomic E-state index is -0.898. The Bertz CT molecular complexity index is 587. The standard InChI is InChI=1S/C10H8BrClN4O2/c11-7-2-1-6(5-8(7)12)10-13-14-15-16(10)4-3-9(17)18/h1-2,5H,3-4H2,(H,17,18). The number of benzene rings is 1. The number of nitrogens with zero attached hydrogens (tertiary/aromatic N) is 4. The van der Waals surface area contributed by atoms with Crippen molar-refractivity contribution in [3.05, 3.63) is 27.7 Å². The Balaban J connectivity index is 2.30. The summed E-state index contributed by atoms with van der Waals surface area (Å²) in [5, 5.41) is 20.4. The highest BCUT2D eigenvalue weighted by molar-refractivity contribution is 9.10. The third-order valence-corrected chi connectivity index (χ3v) is 3.48. The maximum absolute atomic E-state index is 10.5. The van der Waals surface area contributed by atoms with Crippen LogP contribution in [0.5, 0.6) is 0 Å². The Morgan fingerprint density at radius 3 is 2.94 bits per heavy atom. The third-order valence-electron chi connectivity index (χ3n) is 2.25. The highest BCUT2D eigenvalue weighted by Crippen LogP contribution is 2.27. The number of tetrazole rings is 1. The van der Waals surface area contributed by atoms with E-state index < -0.39 is 5.97 Å². The Morgan fingerprint density at radius 2 is 2.28 bits per heavy atom. The largest absolute Gasteiger partial charge is 0.481 e. The van der Waals surface area contributed by atoms with E-state index in [9.17, 15) is 4.79 Å². The molecule has 0 unspecified atom stereocenters. The minimum Gasteiger partial charge on any atom is -0.481 e. The van der Waals surface area contributed by atoms with Gasteiger partial charge in [-0.1, -0.05) is 11.6 Å². The first kappa shape index (κ1) is 13.0. The molecule has 2 rings (SSSR count). The van der Waals surface area contributed by atoms with Crippen molar-refractivity contribution in [2.24, 2.45) is 0 Å². The van der Waals surface area contributed by atoms with Crippen molar-refractivity contribution >= 4 is 33.5 Å². The maximum Gasteiger partial charge on any atom is 0.305 e. The fourth-order valence-electron chi connectivity index (χ4n) is 1.40. The molecular weight excluding hydrogens is 323 g/mol. The van der Waals surface area contributed by atoms with Crippen LogP contribution in [-0.2, 0) is 11.3 Å². The van der Waals surface area contributed by atoms with Crippen molar-refractivity contribution in [3.8, 4) is 11.4 Å². The summed E-state index contributed by atoms with van der Waals surface area (Å²) in [6, 6.07) is 5.31. The van der Waals surface area contributed by atoms with Crippen LogP contribution in [0, 0.1) is 0 Å². The van der Waals surface area contributed by atoms with E-state index in [2.05, 4.69) is 31.5 Å². The van der Waals surface area contributed by atoms with Gasteiger partial charge in [0, 0.05) is 10.0 Å². The van der Waals surface area contributed by atoms with E-state index >= 15 is 0 Å². The lowest BCUT2D eigenvalue weighted by atomic mass is 10.2. The molecule has 8 heteroatoms. The molecule has 0 spiro atoms. The van der Waals surface area contributed by atoms with Crippen LogP contribution in [0.15, 0.2) is 22.7 Å². The van der Waals surface area contributed by atoms with Crippen LogP contribution in [-0.4, -0.2) is 31.3 Å². The van der Waals surface area contributed by atoms with Crippen LogP contribution in [0.3, 0.4) is 0 Å². The van der Waals surface area contributed by atoms with Crippen LogP contribution in [0.25, 0.3) is 11.4 Å². The molecule has 2 aromatic rings. The quantitative estimate of drug-likeness (QED) is 0.929. The smallest absolute Gasteiger partial charge is 0.305 e. The van der Waals surface area contributed by atoms with Gasteiger partial charge in [0.25, 0.3) is 0 Å². The number of hydrogen-bond acceptors (Lipinski definition) is 4. The van der Waals surface area contributed by atoms with Gasteiger partial charge in [-0.2, -0.15) is 0 Å². The van der Waals surface area contributed by atoms with Gasteiger partial charge in [-0.15, -0.1) is 5.10 Å². The van der Waals surface area contributed by atoms with Crippen molar-refractivity contribution in [3.63, 3.8) is 0 Å². The molecule has 0 fully saturated rings. The van der Waals surface area contributed by atoms with Gasteiger partial charge in [-0.3, -0.25) is 4.79 Å². The van der Waals surface area contributed by atoms with Gasteiger partial charge < -0.3 is 5.11 Å². The molecule has 1 heterocycles. The van der Waals surface area contributed by atoms with E-state index in [4.69, 9.17) is 16.7 Å². The molecule has 0 saturated heterocycles. The molecule has 1 aromatic carbocycles. The van der Waals surface area contributed by atoms with Crippen LogP contribution >= 0.6 is 27.5 Å². The predicted octanol–water partition coefficient (Wildman–Crippen LogP) is 2.23. The summed E-state index contributed by atoms with van der Waals surface area (Å²) >= 11 is 9.28. The van der Waals surface area contributed by atoms with Crippen LogP contribution in [0.4, 0.5) is 0 Å². The average Bonchev–Trinajstić information content (AvgIpc) is 2.78. The van der Waals surface area contributed by atoms with E-state index in [1.165, 1.54) is 4.68 Å². The molecule has 0 aliphatic heterocycles. The minimum absolute atomic E-state index is 0.0394.